The predicted molar refractivity (Wildman–Crippen MR) is 132 cm³/mol. The SMILES string of the molecule is CC(NC1CCC(Nc2cc(NC3CC3)c3ncc(C(=O)Nc4cc(=O)[nH]cn4)n3n2)CC1)C(=O)O. The van der Waals surface area contributed by atoms with Gasteiger partial charge in [0.05, 0.1) is 18.2 Å². The van der Waals surface area contributed by atoms with E-state index in [0.29, 0.717) is 17.5 Å². The van der Waals surface area contributed by atoms with E-state index in [1.165, 1.54) is 23.1 Å². The summed E-state index contributed by atoms with van der Waals surface area (Å²) in [6, 6.07) is 3.25. The third kappa shape index (κ3) is 5.46. The summed E-state index contributed by atoms with van der Waals surface area (Å²) >= 11 is 0. The summed E-state index contributed by atoms with van der Waals surface area (Å²) < 4.78 is 1.50. The standard InChI is InChI=1S/C23H29N9O4/c1-12(23(35)36)27-13-2-6-15(7-3-13)29-19-8-16(28-14-4-5-14)21-24-10-17(32(21)31-19)22(34)30-18-9-20(33)26-11-25-18/h8-15,27-28H,2-7H2,1H3,(H,29,31)(H,35,36)(H2,25,26,30,33,34). The van der Waals surface area contributed by atoms with Gasteiger partial charge in [-0.25, -0.2) is 14.5 Å². The van der Waals surface area contributed by atoms with Crippen molar-refractivity contribution in [2.45, 2.75) is 69.6 Å². The summed E-state index contributed by atoms with van der Waals surface area (Å²) in [4.78, 5) is 46.4. The number of anilines is 3. The maximum atomic E-state index is 13.0. The van der Waals surface area contributed by atoms with Crippen LogP contribution in [0.3, 0.4) is 0 Å². The lowest BCUT2D eigenvalue weighted by molar-refractivity contribution is -0.139. The molecule has 3 aromatic rings. The minimum Gasteiger partial charge on any atom is -0.480 e. The van der Waals surface area contributed by atoms with Crippen LogP contribution in [0.25, 0.3) is 5.65 Å². The summed E-state index contributed by atoms with van der Waals surface area (Å²) in [5.41, 5.74) is 1.16. The van der Waals surface area contributed by atoms with E-state index < -0.39 is 17.9 Å². The van der Waals surface area contributed by atoms with E-state index in [1.54, 1.807) is 6.92 Å². The van der Waals surface area contributed by atoms with Crippen molar-refractivity contribution < 1.29 is 14.7 Å². The normalized spacial score (nSPS) is 20.6. The first kappa shape index (κ1) is 23.7. The number of aromatic nitrogens is 5. The van der Waals surface area contributed by atoms with Crippen molar-refractivity contribution in [3.63, 3.8) is 0 Å². The van der Waals surface area contributed by atoms with Crippen molar-refractivity contribution in [2.24, 2.45) is 0 Å². The molecule has 1 unspecified atom stereocenters. The summed E-state index contributed by atoms with van der Waals surface area (Å²) in [5, 5.41) is 26.5. The molecule has 0 saturated heterocycles. The van der Waals surface area contributed by atoms with Gasteiger partial charge in [-0.2, -0.15) is 0 Å². The van der Waals surface area contributed by atoms with E-state index in [9.17, 15) is 14.4 Å². The van der Waals surface area contributed by atoms with Gasteiger partial charge in [-0.3, -0.25) is 14.4 Å². The fraction of sp³-hybridized carbons (Fsp3) is 0.478. The maximum Gasteiger partial charge on any atom is 0.320 e. The molecular weight excluding hydrogens is 466 g/mol. The molecule has 0 aromatic carbocycles. The summed E-state index contributed by atoms with van der Waals surface area (Å²) in [6.45, 7) is 1.66. The van der Waals surface area contributed by atoms with Gasteiger partial charge in [-0.15, -0.1) is 5.10 Å². The quantitative estimate of drug-likeness (QED) is 0.254. The molecule has 6 N–H and O–H groups in total. The van der Waals surface area contributed by atoms with E-state index in [1.807, 2.05) is 6.07 Å². The highest BCUT2D eigenvalue weighted by Crippen LogP contribution is 2.30. The van der Waals surface area contributed by atoms with Crippen molar-refractivity contribution in [2.75, 3.05) is 16.0 Å². The van der Waals surface area contributed by atoms with Gasteiger partial charge in [0.25, 0.3) is 11.5 Å². The first-order valence-corrected chi connectivity index (χ1v) is 12.1. The zero-order valence-corrected chi connectivity index (χ0v) is 19.8. The number of nitrogens with one attached hydrogen (secondary N) is 5. The maximum absolute atomic E-state index is 13.0. The largest absolute Gasteiger partial charge is 0.480 e. The van der Waals surface area contributed by atoms with Crippen LogP contribution >= 0.6 is 0 Å². The molecule has 0 bridgehead atoms. The molecule has 1 atom stereocenters. The lowest BCUT2D eigenvalue weighted by atomic mass is 9.90. The van der Waals surface area contributed by atoms with Crippen molar-refractivity contribution in [3.8, 4) is 0 Å². The Hall–Kier alpha value is -4.00. The lowest BCUT2D eigenvalue weighted by Gasteiger charge is -2.31. The Morgan fingerprint density at radius 2 is 1.72 bits per heavy atom. The van der Waals surface area contributed by atoms with E-state index in [4.69, 9.17) is 5.11 Å². The zero-order valence-electron chi connectivity index (χ0n) is 19.8. The number of nitrogens with zero attached hydrogens (tertiary/aromatic N) is 4. The highest BCUT2D eigenvalue weighted by molar-refractivity contribution is 6.03. The number of H-pyrrole nitrogens is 1. The van der Waals surface area contributed by atoms with Gasteiger partial charge in [0.1, 0.15) is 17.7 Å². The second kappa shape index (κ2) is 9.93. The average molecular weight is 496 g/mol. The molecule has 36 heavy (non-hydrogen) atoms. The summed E-state index contributed by atoms with van der Waals surface area (Å²) in [6.07, 6.45) is 8.25. The Morgan fingerprint density at radius 3 is 2.42 bits per heavy atom. The van der Waals surface area contributed by atoms with Crippen LogP contribution in [0, 0.1) is 0 Å². The van der Waals surface area contributed by atoms with Crippen molar-refractivity contribution in [3.05, 3.63) is 40.7 Å². The topological polar surface area (TPSA) is 178 Å². The number of rotatable bonds is 9. The Labute approximate surface area is 206 Å². The molecule has 0 aliphatic heterocycles. The highest BCUT2D eigenvalue weighted by Gasteiger charge is 2.27. The minimum absolute atomic E-state index is 0.131. The van der Waals surface area contributed by atoms with Gasteiger partial charge in [0.15, 0.2) is 11.3 Å². The number of carbonyl (C=O) groups is 2. The van der Waals surface area contributed by atoms with Crippen LogP contribution in [-0.4, -0.2) is 65.7 Å². The van der Waals surface area contributed by atoms with Crippen LogP contribution in [0.5, 0.6) is 0 Å². The number of hydrogen-bond donors (Lipinski definition) is 6. The van der Waals surface area contributed by atoms with E-state index in [0.717, 1.165) is 44.2 Å². The van der Waals surface area contributed by atoms with Gasteiger partial charge >= 0.3 is 5.97 Å². The van der Waals surface area contributed by atoms with Crippen molar-refractivity contribution in [1.29, 1.82) is 0 Å². The molecule has 3 heterocycles. The smallest absolute Gasteiger partial charge is 0.320 e. The number of aromatic amines is 1. The van der Waals surface area contributed by atoms with E-state index in [-0.39, 0.29) is 29.2 Å². The monoisotopic (exact) mass is 495 g/mol. The van der Waals surface area contributed by atoms with Gasteiger partial charge in [-0.1, -0.05) is 0 Å². The first-order chi connectivity index (χ1) is 17.4. The van der Waals surface area contributed by atoms with E-state index >= 15 is 0 Å². The molecule has 0 spiro atoms. The third-order valence-corrected chi connectivity index (χ3v) is 6.49. The molecule has 190 valence electrons. The summed E-state index contributed by atoms with van der Waals surface area (Å²) in [7, 11) is 0. The number of carbonyl (C=O) groups excluding carboxylic acids is 1. The number of carboxylic acid groups (broad SMARTS) is 1. The lowest BCUT2D eigenvalue weighted by Crippen LogP contribution is -2.44. The van der Waals surface area contributed by atoms with Crippen LogP contribution in [0.4, 0.5) is 17.3 Å². The van der Waals surface area contributed by atoms with Gasteiger partial charge in [0.2, 0.25) is 0 Å². The molecule has 2 aliphatic carbocycles. The molecule has 5 rings (SSSR count). The van der Waals surface area contributed by atoms with Crippen molar-refractivity contribution >= 4 is 34.8 Å². The van der Waals surface area contributed by atoms with Gasteiger partial charge in [0, 0.05) is 30.3 Å². The van der Waals surface area contributed by atoms with E-state index in [2.05, 4.69) is 41.3 Å². The molecule has 1 amide bonds. The first-order valence-electron chi connectivity index (χ1n) is 12.1. The molecule has 3 aromatic heterocycles. The molecule has 2 fully saturated rings. The Bertz CT molecular complexity index is 1320. The summed E-state index contributed by atoms with van der Waals surface area (Å²) in [5.74, 6) is -0.589. The predicted octanol–water partition coefficient (Wildman–Crippen LogP) is 1.43. The number of aliphatic carboxylic acids is 1. The molecule has 2 aliphatic rings. The minimum atomic E-state index is -0.849. The molecule has 0 radical (unpaired) electrons. The van der Waals surface area contributed by atoms with Crippen LogP contribution in [0.15, 0.2) is 29.5 Å². The molecular formula is C23H29N9O4. The van der Waals surface area contributed by atoms with Gasteiger partial charge in [-0.05, 0) is 45.4 Å². The van der Waals surface area contributed by atoms with Crippen LogP contribution in [0.2, 0.25) is 0 Å². The fourth-order valence-electron chi connectivity index (χ4n) is 4.40. The van der Waals surface area contributed by atoms with Crippen molar-refractivity contribution in [1.82, 2.24) is 29.9 Å². The van der Waals surface area contributed by atoms with Crippen LogP contribution in [-0.2, 0) is 4.79 Å². The second-order valence-corrected chi connectivity index (χ2v) is 9.41. The Morgan fingerprint density at radius 1 is 1.03 bits per heavy atom. The number of imidazole rings is 1. The zero-order chi connectivity index (χ0) is 25.2. The van der Waals surface area contributed by atoms with Gasteiger partial charge < -0.3 is 31.4 Å². The molecule has 2 saturated carbocycles. The number of fused-ring (bicyclic) bond motifs is 1. The van der Waals surface area contributed by atoms with Crippen LogP contribution in [0.1, 0.15) is 55.9 Å². The molecule has 13 nitrogen and oxygen atoms in total. The number of carboxylic acids is 1. The van der Waals surface area contributed by atoms with Crippen LogP contribution < -0.4 is 26.8 Å². The Balaban J connectivity index is 1.34. The fourth-order valence-corrected chi connectivity index (χ4v) is 4.40. The number of hydrogen-bond acceptors (Lipinski definition) is 9. The number of amides is 1. The second-order valence-electron chi connectivity index (χ2n) is 9.41. The third-order valence-electron chi connectivity index (χ3n) is 6.49. The average Bonchev–Trinajstić information content (AvgIpc) is 3.55. The molecule has 13 heteroatoms. The highest BCUT2D eigenvalue weighted by atomic mass is 16.4. The Kier molecular flexibility index (Phi) is 6.55.